The number of pyridine rings is 2. The lowest BCUT2D eigenvalue weighted by Crippen LogP contribution is -2.21. The van der Waals surface area contributed by atoms with E-state index in [2.05, 4.69) is 15.1 Å². The standard InChI is InChI=1S/C21H17FN6O3/c1-26-10-11(6-25-26)12-4-13-15(5-18(12)31-3)24-8-16-19(13)28(21(30)27(16)2)20-14(22)7-23-9-17(20)29/h4-10,29H,1-3H3. The number of nitrogens with zero attached hydrogens (tertiary/aromatic N) is 6. The van der Waals surface area contributed by atoms with Gasteiger partial charge >= 0.3 is 5.69 Å². The molecule has 5 aromatic rings. The monoisotopic (exact) mass is 420 g/mol. The van der Waals surface area contributed by atoms with Crippen LogP contribution in [0.15, 0.2) is 47.9 Å². The van der Waals surface area contributed by atoms with E-state index in [1.807, 2.05) is 12.3 Å². The number of ether oxygens (including phenoxy) is 1. The van der Waals surface area contributed by atoms with Crippen LogP contribution in [0.25, 0.3) is 38.8 Å². The van der Waals surface area contributed by atoms with Gasteiger partial charge in [0.1, 0.15) is 11.4 Å². The molecule has 0 saturated heterocycles. The highest BCUT2D eigenvalue weighted by atomic mass is 19.1. The first-order chi connectivity index (χ1) is 14.9. The summed E-state index contributed by atoms with van der Waals surface area (Å²) in [7, 11) is 4.93. The summed E-state index contributed by atoms with van der Waals surface area (Å²) in [6, 6.07) is 3.58. The number of aryl methyl sites for hydroxylation is 2. The van der Waals surface area contributed by atoms with E-state index < -0.39 is 17.3 Å². The van der Waals surface area contributed by atoms with E-state index >= 15 is 0 Å². The zero-order chi connectivity index (χ0) is 21.9. The minimum absolute atomic E-state index is 0.267. The van der Waals surface area contributed by atoms with Crippen molar-refractivity contribution in [2.45, 2.75) is 0 Å². The van der Waals surface area contributed by atoms with Crippen molar-refractivity contribution in [1.82, 2.24) is 28.9 Å². The minimum atomic E-state index is -0.819. The van der Waals surface area contributed by atoms with Crippen LogP contribution in [-0.4, -0.2) is 41.1 Å². The van der Waals surface area contributed by atoms with Crippen molar-refractivity contribution in [3.05, 3.63) is 59.4 Å². The highest BCUT2D eigenvalue weighted by Gasteiger charge is 2.22. The molecule has 4 aromatic heterocycles. The topological polar surface area (TPSA) is 100.0 Å². The Labute approximate surface area is 174 Å². The molecular weight excluding hydrogens is 403 g/mol. The van der Waals surface area contributed by atoms with Crippen LogP contribution in [0.4, 0.5) is 4.39 Å². The quantitative estimate of drug-likeness (QED) is 0.482. The molecule has 4 heterocycles. The van der Waals surface area contributed by atoms with Crippen LogP contribution in [0.1, 0.15) is 0 Å². The first-order valence-corrected chi connectivity index (χ1v) is 9.30. The molecule has 5 rings (SSSR count). The van der Waals surface area contributed by atoms with Crippen molar-refractivity contribution >= 4 is 21.9 Å². The van der Waals surface area contributed by atoms with Gasteiger partial charge < -0.3 is 9.84 Å². The SMILES string of the molecule is COc1cc2ncc3c(c2cc1-c1cnn(C)c1)n(-c1c(O)cncc1F)c(=O)n3C. The fraction of sp³-hybridized carbons (Fsp3) is 0.143. The number of rotatable bonds is 3. The van der Waals surface area contributed by atoms with Crippen LogP contribution < -0.4 is 10.4 Å². The second-order valence-electron chi connectivity index (χ2n) is 7.13. The van der Waals surface area contributed by atoms with Gasteiger partial charge in [-0.1, -0.05) is 0 Å². The smallest absolute Gasteiger partial charge is 0.333 e. The second kappa shape index (κ2) is 6.66. The number of aromatic hydroxyl groups is 1. The van der Waals surface area contributed by atoms with Gasteiger partial charge in [0.2, 0.25) is 0 Å². The summed E-state index contributed by atoms with van der Waals surface area (Å²) in [6.07, 6.45) is 7.12. The lowest BCUT2D eigenvalue weighted by atomic mass is 10.0. The molecule has 0 unspecified atom stereocenters. The Kier molecular flexibility index (Phi) is 4.04. The van der Waals surface area contributed by atoms with Gasteiger partial charge in [-0.3, -0.25) is 23.8 Å². The molecule has 0 spiro atoms. The van der Waals surface area contributed by atoms with Gasteiger partial charge in [-0.25, -0.2) is 9.18 Å². The van der Waals surface area contributed by atoms with E-state index in [1.54, 1.807) is 38.2 Å². The number of benzene rings is 1. The zero-order valence-electron chi connectivity index (χ0n) is 16.9. The van der Waals surface area contributed by atoms with Gasteiger partial charge in [0.05, 0.1) is 48.4 Å². The number of hydrogen-bond acceptors (Lipinski definition) is 6. The lowest BCUT2D eigenvalue weighted by molar-refractivity contribution is 0.417. The molecule has 9 nitrogen and oxygen atoms in total. The molecular formula is C21H17FN6O3. The molecule has 1 N–H and O–H groups in total. The Morgan fingerprint density at radius 1 is 1.13 bits per heavy atom. The van der Waals surface area contributed by atoms with Crippen LogP contribution in [0.2, 0.25) is 0 Å². The fourth-order valence-electron chi connectivity index (χ4n) is 3.83. The summed E-state index contributed by atoms with van der Waals surface area (Å²) in [5, 5.41) is 15.1. The van der Waals surface area contributed by atoms with Crippen LogP contribution in [0.5, 0.6) is 11.5 Å². The summed E-state index contributed by atoms with van der Waals surface area (Å²) in [6.45, 7) is 0. The molecule has 0 atom stereocenters. The van der Waals surface area contributed by atoms with E-state index in [-0.39, 0.29) is 5.69 Å². The fourth-order valence-corrected chi connectivity index (χ4v) is 3.83. The molecule has 31 heavy (non-hydrogen) atoms. The van der Waals surface area contributed by atoms with Gasteiger partial charge in [0.15, 0.2) is 11.6 Å². The molecule has 1 aromatic carbocycles. The molecule has 0 bridgehead atoms. The Morgan fingerprint density at radius 2 is 1.94 bits per heavy atom. The maximum absolute atomic E-state index is 14.7. The van der Waals surface area contributed by atoms with E-state index in [4.69, 9.17) is 4.74 Å². The van der Waals surface area contributed by atoms with Gasteiger partial charge in [-0.2, -0.15) is 5.10 Å². The average molecular weight is 420 g/mol. The van der Waals surface area contributed by atoms with Crippen molar-refractivity contribution in [2.75, 3.05) is 7.11 Å². The number of methoxy groups -OCH3 is 1. The van der Waals surface area contributed by atoms with Gasteiger partial charge in [0, 0.05) is 42.9 Å². The van der Waals surface area contributed by atoms with E-state index in [0.29, 0.717) is 27.7 Å². The summed E-state index contributed by atoms with van der Waals surface area (Å²) < 4.78 is 24.4. The van der Waals surface area contributed by atoms with Crippen molar-refractivity contribution in [3.8, 4) is 28.3 Å². The van der Waals surface area contributed by atoms with E-state index in [1.165, 1.54) is 10.8 Å². The Hall–Kier alpha value is -4.21. The molecule has 0 aliphatic rings. The lowest BCUT2D eigenvalue weighted by Gasteiger charge is -2.12. The molecule has 0 aliphatic carbocycles. The number of halogens is 1. The van der Waals surface area contributed by atoms with Gasteiger partial charge in [0.25, 0.3) is 0 Å². The number of imidazole rings is 1. The van der Waals surface area contributed by atoms with Crippen LogP contribution in [-0.2, 0) is 14.1 Å². The van der Waals surface area contributed by atoms with Crippen molar-refractivity contribution in [2.24, 2.45) is 14.1 Å². The Morgan fingerprint density at radius 3 is 2.61 bits per heavy atom. The summed E-state index contributed by atoms with van der Waals surface area (Å²) in [5.41, 5.74) is 2.19. The molecule has 0 saturated carbocycles. The first kappa shape index (κ1) is 18.8. The van der Waals surface area contributed by atoms with Crippen molar-refractivity contribution in [3.63, 3.8) is 0 Å². The highest BCUT2D eigenvalue weighted by Crippen LogP contribution is 2.37. The maximum atomic E-state index is 14.7. The maximum Gasteiger partial charge on any atom is 0.333 e. The number of hydrogen-bond donors (Lipinski definition) is 1. The molecule has 0 radical (unpaired) electrons. The molecule has 156 valence electrons. The van der Waals surface area contributed by atoms with Gasteiger partial charge in [-0.15, -0.1) is 0 Å². The first-order valence-electron chi connectivity index (χ1n) is 9.30. The third-order valence-electron chi connectivity index (χ3n) is 5.30. The van der Waals surface area contributed by atoms with Gasteiger partial charge in [-0.05, 0) is 6.07 Å². The molecule has 0 amide bonds. The van der Waals surface area contributed by atoms with E-state index in [0.717, 1.165) is 28.1 Å². The second-order valence-corrected chi connectivity index (χ2v) is 7.13. The zero-order valence-corrected chi connectivity index (χ0v) is 16.9. The van der Waals surface area contributed by atoms with E-state index in [9.17, 15) is 14.3 Å². The predicted molar refractivity (Wildman–Crippen MR) is 112 cm³/mol. The normalized spacial score (nSPS) is 11.5. The third-order valence-corrected chi connectivity index (χ3v) is 5.30. The third kappa shape index (κ3) is 2.68. The van der Waals surface area contributed by atoms with Crippen LogP contribution in [0, 0.1) is 5.82 Å². The van der Waals surface area contributed by atoms with Crippen molar-refractivity contribution < 1.29 is 14.2 Å². The average Bonchev–Trinajstić information content (AvgIpc) is 3.29. The molecule has 10 heteroatoms. The summed E-state index contributed by atoms with van der Waals surface area (Å²) in [5.74, 6) is -0.684. The molecule has 0 aliphatic heterocycles. The van der Waals surface area contributed by atoms with Crippen molar-refractivity contribution in [1.29, 1.82) is 0 Å². The predicted octanol–water partition coefficient (Wildman–Crippen LogP) is 2.53. The summed E-state index contributed by atoms with van der Waals surface area (Å²) in [4.78, 5) is 21.2. The highest BCUT2D eigenvalue weighted by molar-refractivity contribution is 6.05. The largest absolute Gasteiger partial charge is 0.504 e. The van der Waals surface area contributed by atoms with Crippen LogP contribution >= 0.6 is 0 Å². The number of fused-ring (bicyclic) bond motifs is 3. The minimum Gasteiger partial charge on any atom is -0.504 e. The Balaban J connectivity index is 1.97. The molecule has 0 fully saturated rings. The number of aromatic nitrogens is 6. The Bertz CT molecular complexity index is 1530. The summed E-state index contributed by atoms with van der Waals surface area (Å²) >= 11 is 0. The van der Waals surface area contributed by atoms with Crippen LogP contribution in [0.3, 0.4) is 0 Å².